The molecule has 0 aliphatic carbocycles. The minimum atomic E-state index is 0.880. The predicted octanol–water partition coefficient (Wildman–Crippen LogP) is 2.57. The smallest absolute Gasteiger partial charge is 0.130 e. The van der Waals surface area contributed by atoms with Crippen LogP contribution in [0.4, 0.5) is 0 Å². The summed E-state index contributed by atoms with van der Waals surface area (Å²) in [5.41, 5.74) is 0. The molecule has 0 aromatic carbocycles. The van der Waals surface area contributed by atoms with Crippen LogP contribution in [0.1, 0.15) is 13.8 Å². The maximum atomic E-state index is 4.10. The van der Waals surface area contributed by atoms with E-state index in [1.807, 2.05) is 43.2 Å². The lowest BCUT2D eigenvalue weighted by molar-refractivity contribution is 0.762. The van der Waals surface area contributed by atoms with Crippen LogP contribution in [0.3, 0.4) is 0 Å². The van der Waals surface area contributed by atoms with Gasteiger partial charge in [-0.3, -0.25) is 4.99 Å². The van der Waals surface area contributed by atoms with Crippen molar-refractivity contribution in [3.05, 3.63) is 37.2 Å². The fourth-order valence-corrected chi connectivity index (χ4v) is 0.816. The van der Waals surface area contributed by atoms with Gasteiger partial charge in [-0.25, -0.2) is 0 Å². The first-order valence-electron chi connectivity index (χ1n) is 3.93. The van der Waals surface area contributed by atoms with Gasteiger partial charge in [0.05, 0.1) is 0 Å². The van der Waals surface area contributed by atoms with Crippen LogP contribution in [0.2, 0.25) is 0 Å². The number of aliphatic imine (C=N–C) groups is 1. The van der Waals surface area contributed by atoms with Gasteiger partial charge in [0, 0.05) is 19.4 Å². The van der Waals surface area contributed by atoms with Crippen molar-refractivity contribution >= 4 is 5.84 Å². The molecular weight excluding hydrogens is 148 g/mol. The van der Waals surface area contributed by atoms with E-state index in [0.29, 0.717) is 0 Å². The van der Waals surface area contributed by atoms with E-state index in [-0.39, 0.29) is 0 Å². The molecule has 0 unspecified atom stereocenters. The van der Waals surface area contributed by atoms with E-state index in [0.717, 1.165) is 5.84 Å². The van der Waals surface area contributed by atoms with Crippen LogP contribution in [0.25, 0.3) is 0 Å². The highest BCUT2D eigenvalue weighted by Crippen LogP contribution is 1.96. The molecule has 0 rings (SSSR count). The minimum absolute atomic E-state index is 0.880. The molecule has 0 saturated carbocycles. The Labute approximate surface area is 74.6 Å². The van der Waals surface area contributed by atoms with Crippen LogP contribution in [0.5, 0.6) is 0 Å². The van der Waals surface area contributed by atoms with Gasteiger partial charge in [-0.1, -0.05) is 18.7 Å². The molecule has 0 heterocycles. The summed E-state index contributed by atoms with van der Waals surface area (Å²) in [6.07, 6.45) is 9.46. The van der Waals surface area contributed by atoms with Crippen LogP contribution in [-0.2, 0) is 0 Å². The van der Waals surface area contributed by atoms with Gasteiger partial charge in [-0.15, -0.1) is 0 Å². The molecule has 0 aliphatic heterocycles. The molecule has 66 valence electrons. The van der Waals surface area contributed by atoms with Crippen LogP contribution in [0.15, 0.2) is 42.2 Å². The molecule has 0 fully saturated rings. The van der Waals surface area contributed by atoms with Crippen molar-refractivity contribution in [2.24, 2.45) is 4.99 Å². The average Bonchev–Trinajstić information content (AvgIpc) is 2.11. The van der Waals surface area contributed by atoms with Crippen LogP contribution in [-0.4, -0.2) is 17.8 Å². The van der Waals surface area contributed by atoms with Crippen LogP contribution in [0, 0.1) is 0 Å². The van der Waals surface area contributed by atoms with Crippen molar-refractivity contribution in [3.8, 4) is 0 Å². The molecule has 2 nitrogen and oxygen atoms in total. The van der Waals surface area contributed by atoms with Crippen LogP contribution >= 0.6 is 0 Å². The Balaban J connectivity index is 4.56. The van der Waals surface area contributed by atoms with Gasteiger partial charge < -0.3 is 4.90 Å². The first kappa shape index (κ1) is 10.7. The highest BCUT2D eigenvalue weighted by molar-refractivity contribution is 5.94. The van der Waals surface area contributed by atoms with Crippen molar-refractivity contribution in [2.45, 2.75) is 13.8 Å². The van der Waals surface area contributed by atoms with E-state index in [9.17, 15) is 0 Å². The lowest BCUT2D eigenvalue weighted by Crippen LogP contribution is -2.16. The Hall–Kier alpha value is -1.31. The highest BCUT2D eigenvalue weighted by atomic mass is 15.1. The van der Waals surface area contributed by atoms with E-state index in [4.69, 9.17) is 0 Å². The molecule has 0 aromatic heterocycles. The second kappa shape index (κ2) is 6.40. The van der Waals surface area contributed by atoms with Gasteiger partial charge in [-0.2, -0.15) is 0 Å². The fourth-order valence-electron chi connectivity index (χ4n) is 0.816. The fraction of sp³-hybridized carbons (Fsp3) is 0.300. The van der Waals surface area contributed by atoms with E-state index >= 15 is 0 Å². The topological polar surface area (TPSA) is 15.6 Å². The number of allylic oxidation sites excluding steroid dienone is 2. The van der Waals surface area contributed by atoms with Crippen molar-refractivity contribution in [3.63, 3.8) is 0 Å². The third-order valence-electron chi connectivity index (χ3n) is 1.32. The molecule has 0 spiro atoms. The Morgan fingerprint density at radius 1 is 1.33 bits per heavy atom. The van der Waals surface area contributed by atoms with Crippen LogP contribution < -0.4 is 0 Å². The molecule has 0 aliphatic rings. The number of rotatable bonds is 3. The van der Waals surface area contributed by atoms with E-state index in [1.54, 1.807) is 13.2 Å². The van der Waals surface area contributed by atoms with Gasteiger partial charge >= 0.3 is 0 Å². The van der Waals surface area contributed by atoms with Gasteiger partial charge in [-0.05, 0) is 19.9 Å². The quantitative estimate of drug-likeness (QED) is 0.462. The molecular formula is C10H16N2. The summed E-state index contributed by atoms with van der Waals surface area (Å²) >= 11 is 0. The Morgan fingerprint density at radius 3 is 2.33 bits per heavy atom. The predicted molar refractivity (Wildman–Crippen MR) is 55.0 cm³/mol. The third kappa shape index (κ3) is 3.19. The molecule has 0 saturated heterocycles. The lowest BCUT2D eigenvalue weighted by Gasteiger charge is -2.13. The number of nitrogens with zero attached hydrogens (tertiary/aromatic N) is 2. The lowest BCUT2D eigenvalue weighted by atomic mass is 10.4. The molecule has 0 radical (unpaired) electrons. The molecule has 0 aromatic rings. The highest BCUT2D eigenvalue weighted by Gasteiger charge is 1.96. The second-order valence-corrected chi connectivity index (χ2v) is 2.15. The Morgan fingerprint density at radius 2 is 2.00 bits per heavy atom. The first-order chi connectivity index (χ1) is 5.79. The number of hydrogen-bond acceptors (Lipinski definition) is 1. The van der Waals surface area contributed by atoms with Gasteiger partial charge in [0.15, 0.2) is 0 Å². The average molecular weight is 164 g/mol. The zero-order valence-electron chi connectivity index (χ0n) is 7.99. The Bertz CT molecular complexity index is 212. The van der Waals surface area contributed by atoms with E-state index in [1.165, 1.54) is 0 Å². The summed E-state index contributed by atoms with van der Waals surface area (Å²) in [6.45, 7) is 7.61. The summed E-state index contributed by atoms with van der Waals surface area (Å²) in [6, 6.07) is 0. The largest absolute Gasteiger partial charge is 0.310 e. The second-order valence-electron chi connectivity index (χ2n) is 2.15. The molecule has 0 amide bonds. The molecule has 0 N–H and O–H groups in total. The number of hydrogen-bond donors (Lipinski definition) is 0. The van der Waals surface area contributed by atoms with Gasteiger partial charge in [0.25, 0.3) is 0 Å². The van der Waals surface area contributed by atoms with E-state index < -0.39 is 0 Å². The standard InChI is InChI=1S/C10H16N2/c1-5-8-10(11-4)12(7-3)9-6-2/h5-9H,3H2,1-2,4H3/b8-5-,9-6-,11-10-. The first-order valence-corrected chi connectivity index (χ1v) is 3.93. The summed E-state index contributed by atoms with van der Waals surface area (Å²) < 4.78 is 0. The van der Waals surface area contributed by atoms with Gasteiger partial charge in [0.1, 0.15) is 5.84 Å². The normalized spacial score (nSPS) is 12.8. The van der Waals surface area contributed by atoms with E-state index in [2.05, 4.69) is 11.6 Å². The number of amidine groups is 1. The Kier molecular flexibility index (Phi) is 5.70. The van der Waals surface area contributed by atoms with Gasteiger partial charge in [0.2, 0.25) is 0 Å². The maximum absolute atomic E-state index is 4.10. The molecule has 12 heavy (non-hydrogen) atoms. The zero-order chi connectivity index (χ0) is 9.40. The summed E-state index contributed by atoms with van der Waals surface area (Å²) in [5.74, 6) is 0.880. The van der Waals surface area contributed by atoms with Crippen molar-refractivity contribution < 1.29 is 0 Å². The van der Waals surface area contributed by atoms with Crippen molar-refractivity contribution in [2.75, 3.05) is 7.05 Å². The van der Waals surface area contributed by atoms with Crippen molar-refractivity contribution in [1.82, 2.24) is 4.90 Å². The van der Waals surface area contributed by atoms with Crippen molar-refractivity contribution in [1.29, 1.82) is 0 Å². The zero-order valence-corrected chi connectivity index (χ0v) is 7.99. The summed E-state index contributed by atoms with van der Waals surface area (Å²) in [5, 5.41) is 0. The summed E-state index contributed by atoms with van der Waals surface area (Å²) in [4.78, 5) is 5.96. The molecule has 0 bridgehead atoms. The molecule has 2 heteroatoms. The maximum Gasteiger partial charge on any atom is 0.130 e. The minimum Gasteiger partial charge on any atom is -0.310 e. The molecule has 0 atom stereocenters. The monoisotopic (exact) mass is 164 g/mol. The SMILES string of the molecule is C=CN(/C=C\C)C(/C=C\C)=N\C. The third-order valence-corrected chi connectivity index (χ3v) is 1.32. The summed E-state index contributed by atoms with van der Waals surface area (Å²) in [7, 11) is 1.76.